The normalized spacial score (nSPS) is 22.0. The molecule has 2 aromatic carbocycles. The number of benzene rings is 2. The molecule has 1 aromatic heterocycles. The molecule has 8 nitrogen and oxygen atoms in total. The smallest absolute Gasteiger partial charge is 0.489 e. The Bertz CT molecular complexity index is 1370. The molecule has 1 amide bonds. The lowest BCUT2D eigenvalue weighted by Gasteiger charge is -2.13. The largest absolute Gasteiger partial charge is 0.514 e. The van der Waals surface area contributed by atoms with E-state index in [9.17, 15) is 9.59 Å². The monoisotopic (exact) mass is 505 g/mol. The summed E-state index contributed by atoms with van der Waals surface area (Å²) in [6.45, 7) is 4.15. The standard InChI is InChI=1S/C27H27N3O5S/c1-3-33-25-20-12-17(10-11-21(20)28-14-23(25)35-27(32)34-4-2)15-36-16-24(31)30-26(36)29-22-13-19(22)18-8-6-5-7-9-18/h5-12,14-15,19,22H,3-4,13,16H2,1-2H3,(H,29,30,31)/t19-,22+,36?/m0/s1. The summed E-state index contributed by atoms with van der Waals surface area (Å²) >= 11 is 0. The Balaban J connectivity index is 1.45. The number of carbonyl (C=O) groups is 2. The van der Waals surface area contributed by atoms with Gasteiger partial charge in [-0.2, -0.15) is 0 Å². The van der Waals surface area contributed by atoms with Crippen LogP contribution in [0.4, 0.5) is 4.79 Å². The summed E-state index contributed by atoms with van der Waals surface area (Å²) in [6, 6.07) is 16.3. The second-order valence-electron chi connectivity index (χ2n) is 8.44. The second kappa shape index (κ2) is 10.5. The Hall–Kier alpha value is -3.72. The first-order valence-electron chi connectivity index (χ1n) is 11.9. The molecule has 36 heavy (non-hydrogen) atoms. The Morgan fingerprint density at radius 2 is 2.03 bits per heavy atom. The highest BCUT2D eigenvalue weighted by molar-refractivity contribution is 8.29. The highest BCUT2D eigenvalue weighted by Crippen LogP contribution is 2.44. The molecule has 2 aliphatic rings. The van der Waals surface area contributed by atoms with Crippen LogP contribution in [-0.4, -0.2) is 52.6 Å². The first kappa shape index (κ1) is 24.0. The van der Waals surface area contributed by atoms with Gasteiger partial charge in [0.1, 0.15) is 0 Å². The van der Waals surface area contributed by atoms with E-state index in [2.05, 4.69) is 27.8 Å². The molecule has 1 N–H and O–H groups in total. The van der Waals surface area contributed by atoms with Crippen LogP contribution < -0.4 is 14.8 Å². The number of ether oxygens (including phenoxy) is 3. The summed E-state index contributed by atoms with van der Waals surface area (Å²) in [4.78, 5) is 33.5. The number of hydrogen-bond acceptors (Lipinski definition) is 7. The summed E-state index contributed by atoms with van der Waals surface area (Å²) in [5, 5.41) is 6.47. The van der Waals surface area contributed by atoms with Gasteiger partial charge in [-0.15, -0.1) is 10.5 Å². The summed E-state index contributed by atoms with van der Waals surface area (Å²) in [5.41, 5.74) is 2.89. The minimum atomic E-state index is -0.811. The molecule has 9 heteroatoms. The molecule has 2 fully saturated rings. The number of aromatic nitrogens is 1. The number of nitrogens with one attached hydrogen (secondary N) is 1. The van der Waals surface area contributed by atoms with E-state index >= 15 is 0 Å². The van der Waals surface area contributed by atoms with Gasteiger partial charge in [-0.05, 0) is 48.9 Å². The maximum Gasteiger partial charge on any atom is 0.514 e. The number of nitrogens with zero attached hydrogens (tertiary/aromatic N) is 2. The van der Waals surface area contributed by atoms with E-state index in [1.54, 1.807) is 6.92 Å². The molecule has 0 bridgehead atoms. The van der Waals surface area contributed by atoms with Crippen molar-refractivity contribution in [2.24, 2.45) is 4.99 Å². The van der Waals surface area contributed by atoms with E-state index in [1.807, 2.05) is 43.3 Å². The van der Waals surface area contributed by atoms with Gasteiger partial charge in [0.15, 0.2) is 16.7 Å². The highest BCUT2D eigenvalue weighted by atomic mass is 32.2. The summed E-state index contributed by atoms with van der Waals surface area (Å²) < 4.78 is 16.0. The molecule has 1 aliphatic heterocycles. The van der Waals surface area contributed by atoms with E-state index < -0.39 is 16.6 Å². The summed E-state index contributed by atoms with van der Waals surface area (Å²) in [7, 11) is -0.471. The van der Waals surface area contributed by atoms with E-state index in [0.29, 0.717) is 34.9 Å². The van der Waals surface area contributed by atoms with Crippen molar-refractivity contribution in [1.29, 1.82) is 0 Å². The third-order valence-corrected chi connectivity index (χ3v) is 7.72. The van der Waals surface area contributed by atoms with Crippen LogP contribution in [0.25, 0.3) is 10.9 Å². The first-order chi connectivity index (χ1) is 17.6. The van der Waals surface area contributed by atoms with Crippen molar-refractivity contribution in [3.05, 3.63) is 65.9 Å². The minimum absolute atomic E-state index is 0.0205. The van der Waals surface area contributed by atoms with Crippen molar-refractivity contribution in [2.45, 2.75) is 32.2 Å². The van der Waals surface area contributed by atoms with E-state index in [4.69, 9.17) is 19.2 Å². The van der Waals surface area contributed by atoms with Crippen molar-refractivity contribution in [2.75, 3.05) is 19.0 Å². The van der Waals surface area contributed by atoms with Crippen molar-refractivity contribution in [3.63, 3.8) is 0 Å². The Morgan fingerprint density at radius 1 is 1.19 bits per heavy atom. The molecule has 5 rings (SSSR count). The van der Waals surface area contributed by atoms with Gasteiger partial charge in [0.25, 0.3) is 0 Å². The molecule has 1 saturated carbocycles. The van der Waals surface area contributed by atoms with Crippen LogP contribution in [0, 0.1) is 0 Å². The summed E-state index contributed by atoms with van der Waals surface area (Å²) in [5.74, 6) is 1.38. The topological polar surface area (TPSA) is 99.1 Å². The SMILES string of the molecule is CCOC(=O)Oc1cnc2ccc(/C=S3/CC(=O)NC3=N[C@@H]3C[C@H]3c3ccccc3)cc2c1OCC. The van der Waals surface area contributed by atoms with Crippen LogP contribution in [0.5, 0.6) is 11.5 Å². The number of amides is 1. The number of carbonyl (C=O) groups excluding carboxylic acids is 2. The fourth-order valence-electron chi connectivity index (χ4n) is 4.17. The van der Waals surface area contributed by atoms with Gasteiger partial charge in [0.2, 0.25) is 5.91 Å². The van der Waals surface area contributed by atoms with Gasteiger partial charge in [-0.3, -0.25) is 14.8 Å². The maximum absolute atomic E-state index is 12.3. The molecule has 3 atom stereocenters. The number of aliphatic imine (C=N–C) groups is 1. The van der Waals surface area contributed by atoms with Gasteiger partial charge in [0.05, 0.1) is 36.7 Å². The van der Waals surface area contributed by atoms with Crippen LogP contribution in [-0.2, 0) is 9.53 Å². The number of amidine groups is 1. The molecule has 1 saturated heterocycles. The number of hydrogen-bond donors (Lipinski definition) is 1. The number of fused-ring (bicyclic) bond motifs is 1. The zero-order chi connectivity index (χ0) is 25.1. The predicted molar refractivity (Wildman–Crippen MR) is 141 cm³/mol. The fourth-order valence-corrected chi connectivity index (χ4v) is 5.85. The van der Waals surface area contributed by atoms with Gasteiger partial charge < -0.3 is 19.5 Å². The third kappa shape index (κ3) is 5.26. The summed E-state index contributed by atoms with van der Waals surface area (Å²) in [6.07, 6.45) is 1.64. The molecule has 186 valence electrons. The molecule has 2 heterocycles. The van der Waals surface area contributed by atoms with Gasteiger partial charge in [-0.1, -0.05) is 36.4 Å². The lowest BCUT2D eigenvalue weighted by molar-refractivity contribution is -0.116. The van der Waals surface area contributed by atoms with E-state index in [1.165, 1.54) is 11.8 Å². The van der Waals surface area contributed by atoms with Crippen LogP contribution in [0.1, 0.15) is 37.3 Å². The molecular weight excluding hydrogens is 478 g/mol. The quantitative estimate of drug-likeness (QED) is 0.371. The lowest BCUT2D eigenvalue weighted by atomic mass is 10.1. The third-order valence-electron chi connectivity index (χ3n) is 5.88. The van der Waals surface area contributed by atoms with Crippen molar-refractivity contribution in [3.8, 4) is 11.5 Å². The Kier molecular flexibility index (Phi) is 6.99. The van der Waals surface area contributed by atoms with Gasteiger partial charge in [-0.25, -0.2) is 4.79 Å². The fraction of sp³-hybridized carbons (Fsp3) is 0.296. The second-order valence-corrected chi connectivity index (χ2v) is 10.2. The van der Waals surface area contributed by atoms with Crippen molar-refractivity contribution in [1.82, 2.24) is 10.3 Å². The molecule has 3 aromatic rings. The van der Waals surface area contributed by atoms with E-state index in [-0.39, 0.29) is 24.3 Å². The minimum Gasteiger partial charge on any atom is -0.489 e. The molecule has 0 spiro atoms. The molecule has 1 unspecified atom stereocenters. The average Bonchev–Trinajstić information content (AvgIpc) is 3.56. The zero-order valence-electron chi connectivity index (χ0n) is 20.1. The van der Waals surface area contributed by atoms with Gasteiger partial charge in [0, 0.05) is 11.3 Å². The van der Waals surface area contributed by atoms with E-state index in [0.717, 1.165) is 17.2 Å². The first-order valence-corrected chi connectivity index (χ1v) is 13.4. The van der Waals surface area contributed by atoms with Crippen LogP contribution in [0.2, 0.25) is 0 Å². The number of pyridine rings is 1. The van der Waals surface area contributed by atoms with Crippen molar-refractivity contribution < 1.29 is 23.8 Å². The highest BCUT2D eigenvalue weighted by Gasteiger charge is 2.39. The van der Waals surface area contributed by atoms with Crippen LogP contribution in [0.15, 0.2) is 59.7 Å². The average molecular weight is 506 g/mol. The molecule has 1 aliphatic carbocycles. The Morgan fingerprint density at radius 3 is 2.81 bits per heavy atom. The number of rotatable bonds is 7. The van der Waals surface area contributed by atoms with Gasteiger partial charge >= 0.3 is 6.16 Å². The van der Waals surface area contributed by atoms with Crippen LogP contribution >= 0.6 is 10.5 Å². The van der Waals surface area contributed by atoms with Crippen LogP contribution in [0.3, 0.4) is 0 Å². The Labute approximate surface area is 211 Å². The lowest BCUT2D eigenvalue weighted by Crippen LogP contribution is -2.20. The zero-order valence-corrected chi connectivity index (χ0v) is 20.9. The molecule has 0 radical (unpaired) electrons. The predicted octanol–water partition coefficient (Wildman–Crippen LogP) is 4.63. The van der Waals surface area contributed by atoms with Crippen molar-refractivity contribution >= 4 is 44.0 Å². The maximum atomic E-state index is 12.3. The molecular formula is C27H27N3O5S.